The molecule has 118 valence electrons. The number of nitrogens with two attached hydrogens (primary N) is 1. The van der Waals surface area contributed by atoms with Gasteiger partial charge < -0.3 is 10.5 Å². The van der Waals surface area contributed by atoms with E-state index in [1.54, 1.807) is 0 Å². The minimum absolute atomic E-state index is 0.163. The second-order valence-corrected chi connectivity index (χ2v) is 7.58. The van der Waals surface area contributed by atoms with Crippen molar-refractivity contribution in [1.82, 2.24) is 4.90 Å². The van der Waals surface area contributed by atoms with Gasteiger partial charge in [-0.1, -0.05) is 26.7 Å². The Bertz CT molecular complexity index is 289. The van der Waals surface area contributed by atoms with Crippen LogP contribution < -0.4 is 5.73 Å². The third kappa shape index (κ3) is 3.55. The highest BCUT2D eigenvalue weighted by atomic mass is 16.5. The van der Waals surface area contributed by atoms with Crippen LogP contribution in [0.25, 0.3) is 0 Å². The molecule has 2 N–H and O–H groups in total. The first kappa shape index (κ1) is 16.3. The molecule has 1 heterocycles. The van der Waals surface area contributed by atoms with Crippen LogP contribution in [-0.4, -0.2) is 41.8 Å². The van der Waals surface area contributed by atoms with Gasteiger partial charge in [0.25, 0.3) is 0 Å². The van der Waals surface area contributed by atoms with Crippen molar-refractivity contribution in [3.05, 3.63) is 0 Å². The Labute approximate surface area is 125 Å². The molecular formula is C17H34N2O. The normalized spacial score (nSPS) is 36.1. The van der Waals surface area contributed by atoms with Gasteiger partial charge >= 0.3 is 0 Å². The fraction of sp³-hybridized carbons (Fsp3) is 1.00. The molecule has 3 nitrogen and oxygen atoms in total. The van der Waals surface area contributed by atoms with Crippen molar-refractivity contribution in [2.24, 2.45) is 11.7 Å². The van der Waals surface area contributed by atoms with Gasteiger partial charge in [-0.2, -0.15) is 0 Å². The van der Waals surface area contributed by atoms with Crippen LogP contribution in [0.2, 0.25) is 0 Å². The molecular weight excluding hydrogens is 248 g/mol. The van der Waals surface area contributed by atoms with Crippen LogP contribution in [0.1, 0.15) is 66.2 Å². The Morgan fingerprint density at radius 1 is 1.15 bits per heavy atom. The highest BCUT2D eigenvalue weighted by Crippen LogP contribution is 2.38. The fourth-order valence-electron chi connectivity index (χ4n) is 4.50. The molecule has 0 aromatic rings. The zero-order chi connectivity index (χ0) is 14.8. The number of rotatable bonds is 5. The van der Waals surface area contributed by atoms with Gasteiger partial charge in [0.2, 0.25) is 0 Å². The average Bonchev–Trinajstić information content (AvgIpc) is 2.87. The maximum absolute atomic E-state index is 6.31. The summed E-state index contributed by atoms with van der Waals surface area (Å²) in [6, 6.07) is 0.749. The Kier molecular flexibility index (Phi) is 5.49. The monoisotopic (exact) mass is 282 g/mol. The van der Waals surface area contributed by atoms with Crippen molar-refractivity contribution in [3.8, 4) is 0 Å². The van der Waals surface area contributed by atoms with Crippen LogP contribution in [0.15, 0.2) is 0 Å². The van der Waals surface area contributed by atoms with Gasteiger partial charge in [-0.25, -0.2) is 0 Å². The standard InChI is InChI=1S/C17H34N2O/c1-13(2)11-19(16-7-5-6-8-16)17(12-18)9-14(3)20-15(4)10-17/h13-16H,5-12,18H2,1-4H3. The van der Waals surface area contributed by atoms with Gasteiger partial charge in [-0.05, 0) is 45.4 Å². The van der Waals surface area contributed by atoms with Gasteiger partial charge in [0.05, 0.1) is 12.2 Å². The second kappa shape index (κ2) is 6.76. The van der Waals surface area contributed by atoms with Crippen LogP contribution in [0.3, 0.4) is 0 Å². The van der Waals surface area contributed by atoms with E-state index in [-0.39, 0.29) is 5.54 Å². The van der Waals surface area contributed by atoms with E-state index in [2.05, 4.69) is 32.6 Å². The molecule has 20 heavy (non-hydrogen) atoms. The SMILES string of the molecule is CC(C)CN(C1CCCC1)C1(CN)CC(C)OC(C)C1. The largest absolute Gasteiger partial charge is 0.375 e. The molecule has 3 heteroatoms. The van der Waals surface area contributed by atoms with Crippen molar-refractivity contribution < 1.29 is 4.74 Å². The van der Waals surface area contributed by atoms with Crippen molar-refractivity contribution in [2.75, 3.05) is 13.1 Å². The van der Waals surface area contributed by atoms with E-state index in [1.807, 2.05) is 0 Å². The lowest BCUT2D eigenvalue weighted by molar-refractivity contribution is -0.115. The van der Waals surface area contributed by atoms with Crippen LogP contribution >= 0.6 is 0 Å². The minimum Gasteiger partial charge on any atom is -0.375 e. The number of hydrogen-bond acceptors (Lipinski definition) is 3. The van der Waals surface area contributed by atoms with Gasteiger partial charge in [-0.3, -0.25) is 4.90 Å². The first-order valence-corrected chi connectivity index (χ1v) is 8.59. The molecule has 0 aromatic carbocycles. The van der Waals surface area contributed by atoms with E-state index >= 15 is 0 Å². The van der Waals surface area contributed by atoms with Crippen LogP contribution in [0.4, 0.5) is 0 Å². The molecule has 2 rings (SSSR count). The summed E-state index contributed by atoms with van der Waals surface area (Å²) in [4.78, 5) is 2.79. The fourth-order valence-corrected chi connectivity index (χ4v) is 4.50. The number of nitrogens with zero attached hydrogens (tertiary/aromatic N) is 1. The highest BCUT2D eigenvalue weighted by molar-refractivity contribution is 5.01. The van der Waals surface area contributed by atoms with Gasteiger partial charge in [-0.15, -0.1) is 0 Å². The minimum atomic E-state index is 0.163. The zero-order valence-electron chi connectivity index (χ0n) is 13.9. The van der Waals surface area contributed by atoms with Crippen LogP contribution in [-0.2, 0) is 4.74 Å². The molecule has 0 aromatic heterocycles. The van der Waals surface area contributed by atoms with E-state index in [4.69, 9.17) is 10.5 Å². The maximum Gasteiger partial charge on any atom is 0.0568 e. The Morgan fingerprint density at radius 3 is 2.15 bits per heavy atom. The van der Waals surface area contributed by atoms with E-state index in [9.17, 15) is 0 Å². The molecule has 1 aliphatic carbocycles. The molecule has 0 amide bonds. The molecule has 2 fully saturated rings. The predicted octanol–water partition coefficient (Wildman–Crippen LogP) is 3.17. The first-order valence-electron chi connectivity index (χ1n) is 8.59. The zero-order valence-corrected chi connectivity index (χ0v) is 13.9. The highest BCUT2D eigenvalue weighted by Gasteiger charge is 2.45. The summed E-state index contributed by atoms with van der Waals surface area (Å²) in [7, 11) is 0. The number of ether oxygens (including phenoxy) is 1. The summed E-state index contributed by atoms with van der Waals surface area (Å²) in [5.41, 5.74) is 6.47. The molecule has 0 radical (unpaired) electrons. The molecule has 2 aliphatic rings. The lowest BCUT2D eigenvalue weighted by Crippen LogP contribution is -2.62. The van der Waals surface area contributed by atoms with Crippen molar-refractivity contribution in [1.29, 1.82) is 0 Å². The van der Waals surface area contributed by atoms with Crippen molar-refractivity contribution >= 4 is 0 Å². The molecule has 0 spiro atoms. The first-order chi connectivity index (χ1) is 9.47. The third-order valence-electron chi connectivity index (χ3n) is 5.12. The van der Waals surface area contributed by atoms with E-state index < -0.39 is 0 Å². The molecule has 0 bridgehead atoms. The molecule has 1 saturated heterocycles. The number of hydrogen-bond donors (Lipinski definition) is 1. The van der Waals surface area contributed by atoms with Gasteiger partial charge in [0.15, 0.2) is 0 Å². The summed E-state index contributed by atoms with van der Waals surface area (Å²) < 4.78 is 5.98. The van der Waals surface area contributed by atoms with Crippen LogP contribution in [0.5, 0.6) is 0 Å². The average molecular weight is 282 g/mol. The quantitative estimate of drug-likeness (QED) is 0.841. The predicted molar refractivity (Wildman–Crippen MR) is 84.8 cm³/mol. The van der Waals surface area contributed by atoms with E-state index in [0.717, 1.165) is 25.4 Å². The summed E-state index contributed by atoms with van der Waals surface area (Å²) in [6.45, 7) is 11.0. The summed E-state index contributed by atoms with van der Waals surface area (Å²) in [5, 5.41) is 0. The third-order valence-corrected chi connectivity index (χ3v) is 5.12. The molecule has 1 aliphatic heterocycles. The van der Waals surface area contributed by atoms with Crippen molar-refractivity contribution in [2.45, 2.75) is 90.0 Å². The molecule has 1 saturated carbocycles. The van der Waals surface area contributed by atoms with Crippen molar-refractivity contribution in [3.63, 3.8) is 0 Å². The Balaban J connectivity index is 2.22. The second-order valence-electron chi connectivity index (χ2n) is 7.58. The lowest BCUT2D eigenvalue weighted by atomic mass is 9.80. The smallest absolute Gasteiger partial charge is 0.0568 e. The summed E-state index contributed by atoms with van der Waals surface area (Å²) in [5.74, 6) is 0.701. The summed E-state index contributed by atoms with van der Waals surface area (Å²) >= 11 is 0. The Morgan fingerprint density at radius 2 is 1.70 bits per heavy atom. The maximum atomic E-state index is 6.31. The Hall–Kier alpha value is -0.120. The molecule has 2 atom stereocenters. The molecule has 2 unspecified atom stereocenters. The lowest BCUT2D eigenvalue weighted by Gasteiger charge is -2.52. The van der Waals surface area contributed by atoms with E-state index in [0.29, 0.717) is 18.1 Å². The van der Waals surface area contributed by atoms with Gasteiger partial charge in [0, 0.05) is 24.7 Å². The van der Waals surface area contributed by atoms with Gasteiger partial charge in [0.1, 0.15) is 0 Å². The summed E-state index contributed by atoms with van der Waals surface area (Å²) in [6.07, 6.45) is 8.35. The van der Waals surface area contributed by atoms with Crippen LogP contribution in [0, 0.1) is 5.92 Å². The van der Waals surface area contributed by atoms with E-state index in [1.165, 1.54) is 32.2 Å². The topological polar surface area (TPSA) is 38.5 Å².